The minimum atomic E-state index is -3.71. The van der Waals surface area contributed by atoms with E-state index in [1.165, 1.54) is 6.07 Å². The molecule has 100 valence electrons. The van der Waals surface area contributed by atoms with Gasteiger partial charge in [-0.05, 0) is 25.3 Å². The SMILES string of the molecule is CCCN(C(=O)c1csc(S(N)(=O)=O)c1)C1CC1. The summed E-state index contributed by atoms with van der Waals surface area (Å²) in [4.78, 5) is 14.1. The average Bonchev–Trinajstić information content (AvgIpc) is 2.99. The fraction of sp³-hybridized carbons (Fsp3) is 0.545. The van der Waals surface area contributed by atoms with Crippen molar-refractivity contribution in [3.8, 4) is 0 Å². The third-order valence-electron chi connectivity index (χ3n) is 2.82. The molecule has 0 radical (unpaired) electrons. The average molecular weight is 288 g/mol. The molecule has 18 heavy (non-hydrogen) atoms. The van der Waals surface area contributed by atoms with Crippen LogP contribution in [-0.4, -0.2) is 31.8 Å². The molecule has 1 aliphatic rings. The Labute approximate surface area is 111 Å². The van der Waals surface area contributed by atoms with Crippen LogP contribution < -0.4 is 5.14 Å². The van der Waals surface area contributed by atoms with Crippen LogP contribution in [-0.2, 0) is 10.0 Å². The predicted molar refractivity (Wildman–Crippen MR) is 70.0 cm³/mol. The highest BCUT2D eigenvalue weighted by molar-refractivity contribution is 7.91. The van der Waals surface area contributed by atoms with Crippen LogP contribution in [0.2, 0.25) is 0 Å². The van der Waals surface area contributed by atoms with Gasteiger partial charge in [0.15, 0.2) is 0 Å². The van der Waals surface area contributed by atoms with Crippen molar-refractivity contribution in [2.75, 3.05) is 6.54 Å². The molecule has 1 heterocycles. The Bertz CT molecular complexity index is 546. The molecule has 0 atom stereocenters. The molecule has 1 aromatic heterocycles. The zero-order valence-electron chi connectivity index (χ0n) is 10.1. The Balaban J connectivity index is 2.19. The van der Waals surface area contributed by atoms with E-state index in [-0.39, 0.29) is 10.1 Å². The first-order valence-corrected chi connectivity index (χ1v) is 8.28. The highest BCUT2D eigenvalue weighted by atomic mass is 32.2. The Morgan fingerprint density at radius 2 is 2.22 bits per heavy atom. The molecule has 0 aromatic carbocycles. The van der Waals surface area contributed by atoms with Gasteiger partial charge in [-0.15, -0.1) is 11.3 Å². The second kappa shape index (κ2) is 4.99. The molecular weight excluding hydrogens is 272 g/mol. The van der Waals surface area contributed by atoms with Crippen LogP contribution in [0.25, 0.3) is 0 Å². The van der Waals surface area contributed by atoms with Crippen molar-refractivity contribution in [1.29, 1.82) is 0 Å². The van der Waals surface area contributed by atoms with E-state index in [1.807, 2.05) is 11.8 Å². The van der Waals surface area contributed by atoms with E-state index in [1.54, 1.807) is 5.38 Å². The van der Waals surface area contributed by atoms with Gasteiger partial charge in [0.05, 0.1) is 5.56 Å². The van der Waals surface area contributed by atoms with E-state index in [9.17, 15) is 13.2 Å². The molecule has 1 aliphatic carbocycles. The maximum atomic E-state index is 12.3. The number of rotatable bonds is 5. The minimum Gasteiger partial charge on any atom is -0.336 e. The third-order valence-corrected chi connectivity index (χ3v) is 5.20. The van der Waals surface area contributed by atoms with Gasteiger partial charge in [-0.1, -0.05) is 6.92 Å². The zero-order chi connectivity index (χ0) is 13.3. The lowest BCUT2D eigenvalue weighted by molar-refractivity contribution is 0.0743. The first kappa shape index (κ1) is 13.5. The number of thiophene rings is 1. The summed E-state index contributed by atoms with van der Waals surface area (Å²) in [6.45, 7) is 2.73. The van der Waals surface area contributed by atoms with Gasteiger partial charge in [0.1, 0.15) is 4.21 Å². The number of carbonyl (C=O) groups is 1. The molecule has 0 spiro atoms. The van der Waals surface area contributed by atoms with E-state index < -0.39 is 10.0 Å². The summed E-state index contributed by atoms with van der Waals surface area (Å²) in [5.41, 5.74) is 0.421. The summed E-state index contributed by atoms with van der Waals surface area (Å²) in [6.07, 6.45) is 2.98. The molecule has 2 rings (SSSR count). The first-order valence-electron chi connectivity index (χ1n) is 5.85. The third kappa shape index (κ3) is 2.90. The molecular formula is C11H16N2O3S2. The Hall–Kier alpha value is -0.920. The number of carbonyl (C=O) groups excluding carboxylic acids is 1. The first-order chi connectivity index (χ1) is 8.43. The van der Waals surface area contributed by atoms with Gasteiger partial charge in [0, 0.05) is 18.0 Å². The Morgan fingerprint density at radius 3 is 2.67 bits per heavy atom. The van der Waals surface area contributed by atoms with Gasteiger partial charge in [0.2, 0.25) is 10.0 Å². The number of amides is 1. The molecule has 2 N–H and O–H groups in total. The van der Waals surface area contributed by atoms with E-state index in [0.717, 1.165) is 30.6 Å². The zero-order valence-corrected chi connectivity index (χ0v) is 11.8. The van der Waals surface area contributed by atoms with E-state index in [4.69, 9.17) is 5.14 Å². The second-order valence-electron chi connectivity index (χ2n) is 4.43. The number of hydrogen-bond donors (Lipinski definition) is 1. The predicted octanol–water partition coefficient (Wildman–Crippen LogP) is 1.41. The molecule has 1 aromatic rings. The van der Waals surface area contributed by atoms with Crippen molar-refractivity contribution in [2.24, 2.45) is 5.14 Å². The molecule has 7 heteroatoms. The van der Waals surface area contributed by atoms with Crippen LogP contribution in [0.3, 0.4) is 0 Å². The standard InChI is InChI=1S/C11H16N2O3S2/c1-2-5-13(9-3-4-9)11(14)8-6-10(17-7-8)18(12,15)16/h6-7,9H,2-5H2,1H3,(H2,12,15,16). The second-order valence-corrected chi connectivity index (χ2v) is 7.13. The molecule has 0 aliphatic heterocycles. The van der Waals surface area contributed by atoms with Gasteiger partial charge in [0.25, 0.3) is 5.91 Å². The molecule has 1 fully saturated rings. The van der Waals surface area contributed by atoms with Crippen LogP contribution in [0, 0.1) is 0 Å². The van der Waals surface area contributed by atoms with Crippen molar-refractivity contribution in [3.05, 3.63) is 17.0 Å². The Morgan fingerprint density at radius 1 is 1.56 bits per heavy atom. The summed E-state index contributed by atoms with van der Waals surface area (Å²) in [7, 11) is -3.71. The van der Waals surface area contributed by atoms with E-state index in [0.29, 0.717) is 18.2 Å². The van der Waals surface area contributed by atoms with Gasteiger partial charge in [-0.2, -0.15) is 0 Å². The topological polar surface area (TPSA) is 80.5 Å². The molecule has 5 nitrogen and oxygen atoms in total. The lowest BCUT2D eigenvalue weighted by Gasteiger charge is -2.20. The van der Waals surface area contributed by atoms with Crippen molar-refractivity contribution >= 4 is 27.3 Å². The van der Waals surface area contributed by atoms with Crippen LogP contribution >= 0.6 is 11.3 Å². The highest BCUT2D eigenvalue weighted by Gasteiger charge is 2.33. The number of sulfonamides is 1. The Kier molecular flexibility index (Phi) is 3.74. The van der Waals surface area contributed by atoms with Crippen molar-refractivity contribution in [3.63, 3.8) is 0 Å². The van der Waals surface area contributed by atoms with Crippen molar-refractivity contribution < 1.29 is 13.2 Å². The van der Waals surface area contributed by atoms with Crippen LogP contribution in [0.4, 0.5) is 0 Å². The number of nitrogens with two attached hydrogens (primary N) is 1. The fourth-order valence-corrected chi connectivity index (χ4v) is 3.40. The normalized spacial score (nSPS) is 15.7. The van der Waals surface area contributed by atoms with Gasteiger partial charge in [-0.25, -0.2) is 13.6 Å². The van der Waals surface area contributed by atoms with E-state index in [2.05, 4.69) is 0 Å². The molecule has 1 amide bonds. The summed E-state index contributed by atoms with van der Waals surface area (Å²) in [5.74, 6) is -0.0921. The summed E-state index contributed by atoms with van der Waals surface area (Å²) in [5, 5.41) is 6.60. The number of primary sulfonamides is 1. The van der Waals surface area contributed by atoms with Crippen molar-refractivity contribution in [1.82, 2.24) is 4.90 Å². The fourth-order valence-electron chi connectivity index (χ4n) is 1.82. The maximum absolute atomic E-state index is 12.3. The van der Waals surface area contributed by atoms with E-state index >= 15 is 0 Å². The van der Waals surface area contributed by atoms with Crippen LogP contribution in [0.5, 0.6) is 0 Å². The van der Waals surface area contributed by atoms with Crippen LogP contribution in [0.15, 0.2) is 15.7 Å². The molecule has 0 saturated heterocycles. The van der Waals surface area contributed by atoms with Gasteiger partial charge in [-0.3, -0.25) is 4.79 Å². The monoisotopic (exact) mass is 288 g/mol. The molecule has 0 unspecified atom stereocenters. The quantitative estimate of drug-likeness (QED) is 0.889. The smallest absolute Gasteiger partial charge is 0.254 e. The summed E-state index contributed by atoms with van der Waals surface area (Å²) < 4.78 is 22.4. The lowest BCUT2D eigenvalue weighted by Crippen LogP contribution is -2.33. The van der Waals surface area contributed by atoms with Gasteiger partial charge >= 0.3 is 0 Å². The minimum absolute atomic E-state index is 0.0399. The highest BCUT2D eigenvalue weighted by Crippen LogP contribution is 2.29. The van der Waals surface area contributed by atoms with Crippen molar-refractivity contribution in [2.45, 2.75) is 36.4 Å². The maximum Gasteiger partial charge on any atom is 0.254 e. The van der Waals surface area contributed by atoms with Crippen LogP contribution in [0.1, 0.15) is 36.5 Å². The summed E-state index contributed by atoms with van der Waals surface area (Å²) in [6, 6.07) is 1.70. The molecule has 0 bridgehead atoms. The summed E-state index contributed by atoms with van der Waals surface area (Å²) >= 11 is 0.992. The lowest BCUT2D eigenvalue weighted by atomic mass is 10.2. The largest absolute Gasteiger partial charge is 0.336 e. The number of nitrogens with zero attached hydrogens (tertiary/aromatic N) is 1. The molecule has 1 saturated carbocycles. The number of hydrogen-bond acceptors (Lipinski definition) is 4. The van der Waals surface area contributed by atoms with Gasteiger partial charge < -0.3 is 4.90 Å².